The number of benzene rings is 2. The average molecular weight is 421 g/mol. The fourth-order valence-corrected chi connectivity index (χ4v) is 5.27. The van der Waals surface area contributed by atoms with E-state index in [1.165, 1.54) is 73.6 Å². The number of ether oxygens (including phenoxy) is 2. The van der Waals surface area contributed by atoms with Gasteiger partial charge >= 0.3 is 0 Å². The first-order valence-corrected chi connectivity index (χ1v) is 12.7. The van der Waals surface area contributed by atoms with Gasteiger partial charge < -0.3 is 9.47 Å². The molecule has 2 aromatic carbocycles. The molecule has 2 atom stereocenters. The lowest BCUT2D eigenvalue weighted by atomic mass is 9.77. The van der Waals surface area contributed by atoms with E-state index >= 15 is 0 Å². The molecule has 0 radical (unpaired) electrons. The van der Waals surface area contributed by atoms with Crippen LogP contribution in [-0.4, -0.2) is 19.3 Å². The summed E-state index contributed by atoms with van der Waals surface area (Å²) in [4.78, 5) is 0. The van der Waals surface area contributed by atoms with Crippen LogP contribution < -0.4 is 0 Å². The molecule has 2 aliphatic rings. The van der Waals surface area contributed by atoms with Crippen LogP contribution in [0.1, 0.15) is 94.8 Å². The lowest BCUT2D eigenvalue weighted by Gasteiger charge is -2.30. The molecular formula is C29H40O2. The first-order chi connectivity index (χ1) is 15.3. The van der Waals surface area contributed by atoms with Crippen molar-refractivity contribution in [3.05, 3.63) is 59.7 Å². The number of rotatable bonds is 8. The second-order valence-corrected chi connectivity index (χ2v) is 9.64. The molecule has 2 aromatic rings. The van der Waals surface area contributed by atoms with Gasteiger partial charge in [-0.25, -0.2) is 0 Å². The van der Waals surface area contributed by atoms with Gasteiger partial charge in [0, 0.05) is 0 Å². The third kappa shape index (κ3) is 5.99. The van der Waals surface area contributed by atoms with Gasteiger partial charge in [-0.3, -0.25) is 0 Å². The van der Waals surface area contributed by atoms with Crippen LogP contribution in [0.2, 0.25) is 0 Å². The van der Waals surface area contributed by atoms with E-state index in [9.17, 15) is 0 Å². The van der Waals surface area contributed by atoms with Crippen molar-refractivity contribution in [3.63, 3.8) is 0 Å². The standard InChI is InChI=1S/C29H40O2/c1-3-5-6-7-28-20-31-29(21-30-28)27-18-16-26(17-19-27)25-14-12-24(13-15-25)23-10-8-22(4-2)9-11-23/h12-19,22-23,28-29H,3-11,20-21H2,1-2H3/t22-,23-,28-,29-/m0/s1. The summed E-state index contributed by atoms with van der Waals surface area (Å²) in [5.41, 5.74) is 5.32. The fraction of sp³-hybridized carbons (Fsp3) is 0.586. The minimum Gasteiger partial charge on any atom is -0.373 e. The van der Waals surface area contributed by atoms with Crippen molar-refractivity contribution >= 4 is 0 Å². The Hall–Kier alpha value is -1.64. The Labute approximate surface area is 189 Å². The van der Waals surface area contributed by atoms with Gasteiger partial charge in [0.1, 0.15) is 6.10 Å². The molecule has 0 amide bonds. The summed E-state index contributed by atoms with van der Waals surface area (Å²) < 4.78 is 12.2. The van der Waals surface area contributed by atoms with E-state index in [-0.39, 0.29) is 12.2 Å². The average Bonchev–Trinajstić information content (AvgIpc) is 2.85. The van der Waals surface area contributed by atoms with Gasteiger partial charge in [0.05, 0.1) is 19.3 Å². The Morgan fingerprint density at radius 1 is 0.710 bits per heavy atom. The molecule has 2 nitrogen and oxygen atoms in total. The first-order valence-electron chi connectivity index (χ1n) is 12.7. The smallest absolute Gasteiger partial charge is 0.106 e. The second-order valence-electron chi connectivity index (χ2n) is 9.64. The predicted octanol–water partition coefficient (Wildman–Crippen LogP) is 8.07. The zero-order valence-corrected chi connectivity index (χ0v) is 19.5. The summed E-state index contributed by atoms with van der Waals surface area (Å²) in [7, 11) is 0. The molecule has 0 bridgehead atoms. The van der Waals surface area contributed by atoms with Crippen molar-refractivity contribution in [3.8, 4) is 11.1 Å². The van der Waals surface area contributed by atoms with Crippen molar-refractivity contribution in [1.29, 1.82) is 0 Å². The summed E-state index contributed by atoms with van der Waals surface area (Å²) in [6.45, 7) is 5.97. The zero-order valence-electron chi connectivity index (χ0n) is 19.5. The molecule has 1 saturated carbocycles. The van der Waals surface area contributed by atoms with Gasteiger partial charge in [0.25, 0.3) is 0 Å². The van der Waals surface area contributed by atoms with E-state index in [1.807, 2.05) is 0 Å². The minimum absolute atomic E-state index is 0.0668. The summed E-state index contributed by atoms with van der Waals surface area (Å²) in [5, 5.41) is 0. The van der Waals surface area contributed by atoms with Gasteiger partial charge in [0.15, 0.2) is 0 Å². The summed E-state index contributed by atoms with van der Waals surface area (Å²) in [6, 6.07) is 18.2. The van der Waals surface area contributed by atoms with E-state index in [1.54, 1.807) is 0 Å². The van der Waals surface area contributed by atoms with Crippen molar-refractivity contribution < 1.29 is 9.47 Å². The van der Waals surface area contributed by atoms with Crippen molar-refractivity contribution in [2.75, 3.05) is 13.2 Å². The van der Waals surface area contributed by atoms with E-state index in [4.69, 9.17) is 9.47 Å². The maximum Gasteiger partial charge on any atom is 0.106 e. The molecule has 1 aliphatic carbocycles. The Morgan fingerprint density at radius 2 is 1.35 bits per heavy atom. The monoisotopic (exact) mass is 420 g/mol. The quantitative estimate of drug-likeness (QED) is 0.402. The molecule has 0 aromatic heterocycles. The lowest BCUT2D eigenvalue weighted by molar-refractivity contribution is -0.137. The lowest BCUT2D eigenvalue weighted by Crippen LogP contribution is -2.31. The Kier molecular flexibility index (Phi) is 8.21. The Balaban J connectivity index is 1.30. The molecule has 0 unspecified atom stereocenters. The molecule has 168 valence electrons. The highest BCUT2D eigenvalue weighted by Gasteiger charge is 2.23. The Bertz CT molecular complexity index is 763. The molecule has 0 N–H and O–H groups in total. The van der Waals surface area contributed by atoms with Crippen LogP contribution in [0.4, 0.5) is 0 Å². The SMILES string of the molecule is CCCCC[C@H]1CO[C@H](c2ccc(-c3ccc([C@H]4CC[C@H](CC)CC4)cc3)cc2)CO1. The molecule has 2 fully saturated rings. The molecule has 4 rings (SSSR count). The fourth-order valence-electron chi connectivity index (χ4n) is 5.27. The first kappa shape index (κ1) is 22.6. The van der Waals surface area contributed by atoms with Crippen molar-refractivity contribution in [2.45, 2.75) is 89.8 Å². The van der Waals surface area contributed by atoms with E-state index in [0.717, 1.165) is 24.9 Å². The highest BCUT2D eigenvalue weighted by molar-refractivity contribution is 5.64. The van der Waals surface area contributed by atoms with E-state index < -0.39 is 0 Å². The van der Waals surface area contributed by atoms with Crippen molar-refractivity contribution in [1.82, 2.24) is 0 Å². The van der Waals surface area contributed by atoms with E-state index in [2.05, 4.69) is 62.4 Å². The van der Waals surface area contributed by atoms with Gasteiger partial charge in [-0.15, -0.1) is 0 Å². The molecule has 1 saturated heterocycles. The van der Waals surface area contributed by atoms with Gasteiger partial charge in [-0.2, -0.15) is 0 Å². The van der Waals surface area contributed by atoms with Crippen LogP contribution in [0.25, 0.3) is 11.1 Å². The molecular weight excluding hydrogens is 380 g/mol. The number of hydrogen-bond acceptors (Lipinski definition) is 2. The molecule has 1 heterocycles. The van der Waals surface area contributed by atoms with Crippen LogP contribution in [0.3, 0.4) is 0 Å². The summed E-state index contributed by atoms with van der Waals surface area (Å²) in [5.74, 6) is 1.72. The van der Waals surface area contributed by atoms with Crippen LogP contribution in [0.5, 0.6) is 0 Å². The maximum absolute atomic E-state index is 6.13. The maximum atomic E-state index is 6.13. The van der Waals surface area contributed by atoms with Gasteiger partial charge in [0.2, 0.25) is 0 Å². The van der Waals surface area contributed by atoms with Crippen molar-refractivity contribution in [2.24, 2.45) is 5.92 Å². The summed E-state index contributed by atoms with van der Waals surface area (Å²) in [6.07, 6.45) is 12.1. The highest BCUT2D eigenvalue weighted by atomic mass is 16.6. The molecule has 1 aliphatic heterocycles. The van der Waals surface area contributed by atoms with Gasteiger partial charge in [-0.1, -0.05) is 88.1 Å². The molecule has 2 heteroatoms. The van der Waals surface area contributed by atoms with Gasteiger partial charge in [-0.05, 0) is 66.2 Å². The molecule has 0 spiro atoms. The highest BCUT2D eigenvalue weighted by Crippen LogP contribution is 2.37. The topological polar surface area (TPSA) is 18.5 Å². The van der Waals surface area contributed by atoms with Crippen LogP contribution >= 0.6 is 0 Å². The van der Waals surface area contributed by atoms with Crippen LogP contribution in [0, 0.1) is 5.92 Å². The Morgan fingerprint density at radius 3 is 1.90 bits per heavy atom. The number of unbranched alkanes of at least 4 members (excludes halogenated alkanes) is 2. The minimum atomic E-state index is 0.0668. The number of hydrogen-bond donors (Lipinski definition) is 0. The van der Waals surface area contributed by atoms with Crippen LogP contribution in [-0.2, 0) is 9.47 Å². The van der Waals surface area contributed by atoms with E-state index in [0.29, 0.717) is 6.61 Å². The third-order valence-electron chi connectivity index (χ3n) is 7.52. The zero-order chi connectivity index (χ0) is 21.5. The third-order valence-corrected chi connectivity index (χ3v) is 7.52. The second kappa shape index (κ2) is 11.3. The van der Waals surface area contributed by atoms with Crippen LogP contribution in [0.15, 0.2) is 48.5 Å². The normalized spacial score (nSPS) is 26.6. The summed E-state index contributed by atoms with van der Waals surface area (Å²) >= 11 is 0. The predicted molar refractivity (Wildman–Crippen MR) is 129 cm³/mol. The molecule has 31 heavy (non-hydrogen) atoms. The largest absolute Gasteiger partial charge is 0.373 e.